The fourth-order valence-corrected chi connectivity index (χ4v) is 2.18. The third-order valence-electron chi connectivity index (χ3n) is 4.04. The molecular weight excluding hydrogens is 908 g/mol. The van der Waals surface area contributed by atoms with Crippen molar-refractivity contribution in [2.75, 3.05) is 21.3 Å². The molecule has 0 fully saturated rings. The molecule has 3 rings (SSSR count). The predicted octanol–water partition coefficient (Wildman–Crippen LogP) is -2.45. The maximum absolute atomic E-state index is 11.9. The van der Waals surface area contributed by atoms with E-state index in [0.29, 0.717) is 5.69 Å². The van der Waals surface area contributed by atoms with E-state index in [-0.39, 0.29) is 178 Å². The minimum atomic E-state index is -2.54. The number of H-pyrrole nitrogens is 1. The summed E-state index contributed by atoms with van der Waals surface area (Å²) in [6, 6.07) is 4.20. The second-order valence-electron chi connectivity index (χ2n) is 7.04. The summed E-state index contributed by atoms with van der Waals surface area (Å²) in [6.45, 7) is 0.152. The molecule has 1 N–H and O–H groups in total. The van der Waals surface area contributed by atoms with Crippen LogP contribution in [0.1, 0.15) is 61.1 Å². The van der Waals surface area contributed by atoms with Crippen molar-refractivity contribution < 1.29 is 209 Å². The van der Waals surface area contributed by atoms with Gasteiger partial charge in [-0.1, -0.05) is 21.8 Å². The molecule has 0 saturated carbocycles. The van der Waals surface area contributed by atoms with Gasteiger partial charge in [-0.05, 0) is 18.2 Å². The molecule has 0 saturated heterocycles. The van der Waals surface area contributed by atoms with Gasteiger partial charge >= 0.3 is 156 Å². The number of aromatic nitrogens is 6. The SMILES string of the molecule is C.C.CCC(F)F.COC(=O)c1ccn(CC(F)F)n1.COC(=O)c1ccn[nH]1.COC(=O)c1ccnn1CC(F)F.O=CO[O-].[Cs+].[Cs+].[H-]. The Hall–Kier alpha value is -0.846. The number of hydrogen-bond acceptors (Lipinski definition) is 12. The molecule has 0 aliphatic heterocycles. The Morgan fingerprint density at radius 1 is 0.875 bits per heavy atom. The van der Waals surface area contributed by atoms with E-state index in [1.165, 1.54) is 59.0 Å². The first-order chi connectivity index (χ1) is 20.8. The van der Waals surface area contributed by atoms with Crippen molar-refractivity contribution in [3.8, 4) is 0 Å². The van der Waals surface area contributed by atoms with Crippen molar-refractivity contribution in [2.45, 2.75) is 60.6 Å². The Morgan fingerprint density at radius 2 is 1.38 bits per heavy atom. The summed E-state index contributed by atoms with van der Waals surface area (Å²) in [5.74, 6) is -1.70. The fourth-order valence-electron chi connectivity index (χ4n) is 2.18. The van der Waals surface area contributed by atoms with Gasteiger partial charge in [-0.15, -0.1) is 0 Å². The maximum atomic E-state index is 11.9. The topological polar surface area (TPSA) is 193 Å². The van der Waals surface area contributed by atoms with Gasteiger partial charge in [0.25, 0.3) is 19.3 Å². The van der Waals surface area contributed by atoms with E-state index in [9.17, 15) is 40.7 Å². The first kappa shape index (κ1) is 59.3. The van der Waals surface area contributed by atoms with Crippen LogP contribution in [0.2, 0.25) is 0 Å². The van der Waals surface area contributed by atoms with Gasteiger partial charge in [0, 0.05) is 25.0 Å². The molecule has 0 spiro atoms. The molecular formula is C25H38Cs2F6N6O9. The number of aromatic amines is 1. The maximum Gasteiger partial charge on any atom is 1.00 e. The van der Waals surface area contributed by atoms with E-state index >= 15 is 0 Å². The molecule has 0 radical (unpaired) electrons. The fraction of sp³-hybridized carbons (Fsp3) is 0.480. The zero-order valence-electron chi connectivity index (χ0n) is 26.6. The van der Waals surface area contributed by atoms with E-state index in [1.807, 2.05) is 0 Å². The molecule has 0 aliphatic rings. The molecule has 0 atom stereocenters. The van der Waals surface area contributed by atoms with Gasteiger partial charge < -0.3 is 25.8 Å². The summed E-state index contributed by atoms with van der Waals surface area (Å²) < 4.78 is 84.1. The van der Waals surface area contributed by atoms with Crippen LogP contribution in [0.5, 0.6) is 0 Å². The molecule has 48 heavy (non-hydrogen) atoms. The van der Waals surface area contributed by atoms with Gasteiger partial charge in [-0.3, -0.25) is 19.3 Å². The summed E-state index contributed by atoms with van der Waals surface area (Å²) in [7, 11) is 3.71. The van der Waals surface area contributed by atoms with Crippen LogP contribution >= 0.6 is 0 Å². The molecule has 0 aromatic carbocycles. The number of nitrogens with zero attached hydrogens (tertiary/aromatic N) is 5. The molecule has 0 unspecified atom stereocenters. The number of nitrogens with one attached hydrogen (secondary N) is 1. The smallest absolute Gasteiger partial charge is 1.00 e. The Kier molecular flexibility index (Phi) is 46.2. The average Bonchev–Trinajstić information content (AvgIpc) is 3.79. The van der Waals surface area contributed by atoms with E-state index < -0.39 is 50.3 Å². The molecule has 23 heteroatoms. The van der Waals surface area contributed by atoms with Crippen LogP contribution in [0.4, 0.5) is 26.3 Å². The monoisotopic (exact) mass is 946 g/mol. The first-order valence-electron chi connectivity index (χ1n) is 11.7. The number of carbonyl (C=O) groups is 4. The Labute approximate surface area is 392 Å². The van der Waals surface area contributed by atoms with Gasteiger partial charge in [0.1, 0.15) is 24.5 Å². The van der Waals surface area contributed by atoms with Crippen molar-refractivity contribution in [1.82, 2.24) is 29.8 Å². The van der Waals surface area contributed by atoms with Gasteiger partial charge in [0.15, 0.2) is 5.69 Å². The minimum absolute atomic E-state index is 0. The third kappa shape index (κ3) is 30.0. The van der Waals surface area contributed by atoms with Crippen molar-refractivity contribution in [3.63, 3.8) is 0 Å². The standard InChI is InChI=1S/2C7H8F2N2O2.C5H6N2O2.C3H6F2.CH2O3.2CH4.2Cs.H/c1-13-7(12)5-2-3-11(10-5)4-6(8)9;1-13-7(12)5-2-3-10-11(5)4-6(8)9;1-9-5(8)4-2-3-6-7-4;1-2-3(4)5;2-1-4-3;;;;;/h2*2-3,6H,4H2,1H3;2-3H,1H3,(H,6,7);3H,2H2,1H3;1,3H;2*1H4;;;/q;;;;;;;2*+1;-1/p-1. The quantitative estimate of drug-likeness (QED) is 0.0597. The van der Waals surface area contributed by atoms with Gasteiger partial charge in [0.05, 0.1) is 21.3 Å². The van der Waals surface area contributed by atoms with Crippen molar-refractivity contribution in [1.29, 1.82) is 0 Å². The number of methoxy groups -OCH3 is 3. The second-order valence-corrected chi connectivity index (χ2v) is 7.04. The van der Waals surface area contributed by atoms with Crippen molar-refractivity contribution in [3.05, 3.63) is 53.9 Å². The molecule has 0 bridgehead atoms. The molecule has 0 aliphatic carbocycles. The van der Waals surface area contributed by atoms with E-state index in [0.717, 1.165) is 9.36 Å². The molecule has 3 aromatic heterocycles. The van der Waals surface area contributed by atoms with Crippen LogP contribution in [0.15, 0.2) is 36.8 Å². The van der Waals surface area contributed by atoms with Gasteiger partial charge in [-0.25, -0.2) is 40.7 Å². The van der Waals surface area contributed by atoms with E-state index in [2.05, 4.69) is 39.5 Å². The molecule has 3 heterocycles. The first-order valence-corrected chi connectivity index (χ1v) is 11.7. The zero-order valence-corrected chi connectivity index (χ0v) is 38.1. The van der Waals surface area contributed by atoms with E-state index in [1.54, 1.807) is 6.07 Å². The number of halogens is 6. The van der Waals surface area contributed by atoms with E-state index in [4.69, 9.17) is 10.1 Å². The van der Waals surface area contributed by atoms with Gasteiger partial charge in [0.2, 0.25) is 6.43 Å². The third-order valence-corrected chi connectivity index (χ3v) is 4.04. The number of esters is 3. The zero-order chi connectivity index (χ0) is 34.1. The second kappa shape index (κ2) is 37.4. The van der Waals surface area contributed by atoms with Crippen molar-refractivity contribution >= 4 is 24.4 Å². The number of carbonyl (C=O) groups excluding carboxylic acids is 4. The van der Waals surface area contributed by atoms with Crippen LogP contribution in [0.3, 0.4) is 0 Å². The molecule has 3 aromatic rings. The van der Waals surface area contributed by atoms with Crippen LogP contribution in [0.25, 0.3) is 0 Å². The summed E-state index contributed by atoms with van der Waals surface area (Å²) in [5, 5.41) is 21.6. The molecule has 15 nitrogen and oxygen atoms in total. The minimum Gasteiger partial charge on any atom is -1.00 e. The van der Waals surface area contributed by atoms with Crippen LogP contribution in [0, 0.1) is 0 Å². The Balaban J connectivity index is -0.0000000928. The summed E-state index contributed by atoms with van der Waals surface area (Å²) in [5.41, 5.74) is 0.434. The normalized spacial score (nSPS) is 8.79. The molecule has 0 amide bonds. The number of alkyl halides is 6. The van der Waals surface area contributed by atoms with Crippen LogP contribution in [-0.2, 0) is 37.0 Å². The predicted molar refractivity (Wildman–Crippen MR) is 147 cm³/mol. The Bertz CT molecular complexity index is 1210. The average molecular weight is 946 g/mol. The summed E-state index contributed by atoms with van der Waals surface area (Å²) >= 11 is 0. The van der Waals surface area contributed by atoms with Gasteiger partial charge in [-0.2, -0.15) is 15.3 Å². The number of hydrogen-bond donors (Lipinski definition) is 1. The number of rotatable bonds is 9. The molecule has 266 valence electrons. The van der Waals surface area contributed by atoms with Crippen LogP contribution in [-0.4, -0.2) is 94.7 Å². The largest absolute Gasteiger partial charge is 1.00 e. The summed E-state index contributed by atoms with van der Waals surface area (Å²) in [6.07, 6.45) is -3.09. The number of ether oxygens (including phenoxy) is 3. The Morgan fingerprint density at radius 3 is 1.75 bits per heavy atom. The summed E-state index contributed by atoms with van der Waals surface area (Å²) in [4.78, 5) is 43.6. The van der Waals surface area contributed by atoms with Crippen molar-refractivity contribution in [2.24, 2.45) is 0 Å². The van der Waals surface area contributed by atoms with Crippen LogP contribution < -0.4 is 143 Å².